The van der Waals surface area contributed by atoms with Crippen LogP contribution in [0.2, 0.25) is 0 Å². The van der Waals surface area contributed by atoms with Crippen LogP contribution in [0.25, 0.3) is 0 Å². The first-order valence-corrected chi connectivity index (χ1v) is 9.18. The van der Waals surface area contributed by atoms with E-state index in [9.17, 15) is 14.4 Å². The molecule has 0 aromatic carbocycles. The van der Waals surface area contributed by atoms with E-state index in [1.807, 2.05) is 0 Å². The first-order chi connectivity index (χ1) is 12.9. The summed E-state index contributed by atoms with van der Waals surface area (Å²) in [5.41, 5.74) is 0.957. The Morgan fingerprint density at radius 1 is 1.48 bits per heavy atom. The van der Waals surface area contributed by atoms with Crippen LogP contribution in [0.15, 0.2) is 15.9 Å². The van der Waals surface area contributed by atoms with Crippen LogP contribution in [0.4, 0.5) is 9.93 Å². The molecule has 1 N–H and O–H groups in total. The molecule has 1 fully saturated rings. The second kappa shape index (κ2) is 7.78. The summed E-state index contributed by atoms with van der Waals surface area (Å²) in [5.74, 6) is 0.325. The molecule has 0 radical (unpaired) electrons. The van der Waals surface area contributed by atoms with Gasteiger partial charge < -0.3 is 19.4 Å². The third kappa shape index (κ3) is 4.11. The van der Waals surface area contributed by atoms with Crippen molar-refractivity contribution < 1.29 is 23.5 Å². The van der Waals surface area contributed by atoms with Crippen molar-refractivity contribution in [3.05, 3.63) is 34.2 Å². The number of urea groups is 1. The van der Waals surface area contributed by atoms with Gasteiger partial charge in [-0.25, -0.2) is 14.6 Å². The SMILES string of the molecule is COC(=O)c1cc(CN(C)C(=O)Cc2csc(N3CCNC3=O)n2)oc1C. The highest BCUT2D eigenvalue weighted by molar-refractivity contribution is 7.14. The molecule has 0 spiro atoms. The lowest BCUT2D eigenvalue weighted by molar-refractivity contribution is -0.130. The number of esters is 1. The van der Waals surface area contributed by atoms with Gasteiger partial charge in [0.25, 0.3) is 0 Å². The van der Waals surface area contributed by atoms with Crippen LogP contribution in [0.3, 0.4) is 0 Å². The summed E-state index contributed by atoms with van der Waals surface area (Å²) < 4.78 is 10.2. The fourth-order valence-electron chi connectivity index (χ4n) is 2.70. The number of aromatic nitrogens is 1. The number of hydrogen-bond donors (Lipinski definition) is 1. The van der Waals surface area contributed by atoms with E-state index in [0.29, 0.717) is 41.0 Å². The Morgan fingerprint density at radius 2 is 2.26 bits per heavy atom. The van der Waals surface area contributed by atoms with E-state index in [4.69, 9.17) is 9.15 Å². The van der Waals surface area contributed by atoms with Crippen molar-refractivity contribution >= 4 is 34.4 Å². The minimum atomic E-state index is -0.475. The van der Waals surface area contributed by atoms with E-state index in [1.54, 1.807) is 30.3 Å². The summed E-state index contributed by atoms with van der Waals surface area (Å²) in [5, 5.41) is 5.08. The Bertz CT molecular complexity index is 875. The average molecular weight is 392 g/mol. The van der Waals surface area contributed by atoms with Crippen LogP contribution < -0.4 is 10.2 Å². The van der Waals surface area contributed by atoms with Gasteiger partial charge in [-0.3, -0.25) is 9.69 Å². The van der Waals surface area contributed by atoms with Gasteiger partial charge in [-0.1, -0.05) is 0 Å². The molecule has 3 amide bonds. The van der Waals surface area contributed by atoms with Crippen LogP contribution in [0.5, 0.6) is 0 Å². The van der Waals surface area contributed by atoms with Crippen molar-refractivity contribution in [3.8, 4) is 0 Å². The average Bonchev–Trinajstić information content (AvgIpc) is 3.34. The molecule has 2 aromatic heterocycles. The smallest absolute Gasteiger partial charge is 0.341 e. The molecule has 0 atom stereocenters. The summed E-state index contributed by atoms with van der Waals surface area (Å²) in [6, 6.07) is 1.41. The molecule has 0 saturated carbocycles. The Morgan fingerprint density at radius 3 is 2.93 bits per heavy atom. The first kappa shape index (κ1) is 18.9. The molecule has 27 heavy (non-hydrogen) atoms. The van der Waals surface area contributed by atoms with Gasteiger partial charge in [0.2, 0.25) is 5.91 Å². The number of nitrogens with zero attached hydrogens (tertiary/aromatic N) is 3. The highest BCUT2D eigenvalue weighted by Gasteiger charge is 2.24. The molecule has 2 aromatic rings. The third-order valence-electron chi connectivity index (χ3n) is 4.15. The van der Waals surface area contributed by atoms with Crippen LogP contribution >= 0.6 is 11.3 Å². The molecular weight excluding hydrogens is 372 g/mol. The van der Waals surface area contributed by atoms with Gasteiger partial charge in [0.15, 0.2) is 5.13 Å². The molecule has 10 heteroatoms. The number of furan rings is 1. The minimum absolute atomic E-state index is 0.117. The van der Waals surface area contributed by atoms with Crippen molar-refractivity contribution in [2.45, 2.75) is 19.9 Å². The molecule has 0 unspecified atom stereocenters. The maximum absolute atomic E-state index is 12.5. The van der Waals surface area contributed by atoms with Crippen molar-refractivity contribution in [2.75, 3.05) is 32.1 Å². The molecule has 144 valence electrons. The highest BCUT2D eigenvalue weighted by Crippen LogP contribution is 2.23. The Balaban J connectivity index is 1.60. The number of rotatable bonds is 6. The topological polar surface area (TPSA) is 105 Å². The fraction of sp³-hybridized carbons (Fsp3) is 0.412. The van der Waals surface area contributed by atoms with E-state index in [0.717, 1.165) is 0 Å². The maximum Gasteiger partial charge on any atom is 0.341 e. The van der Waals surface area contributed by atoms with E-state index >= 15 is 0 Å². The van der Waals surface area contributed by atoms with Gasteiger partial charge >= 0.3 is 12.0 Å². The van der Waals surface area contributed by atoms with Crippen LogP contribution in [0, 0.1) is 6.92 Å². The fourth-order valence-corrected chi connectivity index (χ4v) is 3.55. The number of carbonyl (C=O) groups is 3. The zero-order chi connectivity index (χ0) is 19.6. The molecular formula is C17H20N4O5S. The molecule has 1 aliphatic heterocycles. The molecule has 1 saturated heterocycles. The standard InChI is InChI=1S/C17H20N4O5S/c1-10-13(15(23)25-3)7-12(26-10)8-20(2)14(22)6-11-9-27-17(19-11)21-5-4-18-16(21)24/h7,9H,4-6,8H2,1-3H3,(H,18,24). The Labute approximate surface area is 159 Å². The number of carbonyl (C=O) groups excluding carboxylic acids is 3. The number of amides is 3. The first-order valence-electron chi connectivity index (χ1n) is 8.30. The lowest BCUT2D eigenvalue weighted by Gasteiger charge is -2.15. The summed E-state index contributed by atoms with van der Waals surface area (Å²) in [6.07, 6.45) is 0.117. The summed E-state index contributed by atoms with van der Waals surface area (Å²) in [7, 11) is 2.96. The van der Waals surface area contributed by atoms with E-state index in [-0.39, 0.29) is 24.9 Å². The summed E-state index contributed by atoms with van der Waals surface area (Å²) in [4.78, 5) is 43.2. The largest absolute Gasteiger partial charge is 0.465 e. The molecule has 9 nitrogen and oxygen atoms in total. The zero-order valence-corrected chi connectivity index (χ0v) is 16.1. The van der Waals surface area contributed by atoms with Gasteiger partial charge in [0.1, 0.15) is 17.1 Å². The normalized spacial score (nSPS) is 13.6. The lowest BCUT2D eigenvalue weighted by atomic mass is 10.2. The van der Waals surface area contributed by atoms with Crippen molar-refractivity contribution in [1.29, 1.82) is 0 Å². The second-order valence-corrected chi connectivity index (χ2v) is 6.94. The van der Waals surface area contributed by atoms with Gasteiger partial charge in [-0.15, -0.1) is 11.3 Å². The molecule has 0 aliphatic carbocycles. The number of nitrogens with one attached hydrogen (secondary N) is 1. The van der Waals surface area contributed by atoms with Crippen molar-refractivity contribution in [3.63, 3.8) is 0 Å². The van der Waals surface area contributed by atoms with E-state index < -0.39 is 5.97 Å². The predicted octanol–water partition coefficient (Wildman–Crippen LogP) is 1.56. The molecule has 3 rings (SSSR count). The molecule has 1 aliphatic rings. The van der Waals surface area contributed by atoms with Gasteiger partial charge in [-0.2, -0.15) is 0 Å². The van der Waals surface area contributed by atoms with Gasteiger partial charge in [0, 0.05) is 25.5 Å². The number of methoxy groups -OCH3 is 1. The molecule has 0 bridgehead atoms. The van der Waals surface area contributed by atoms with E-state index in [1.165, 1.54) is 23.3 Å². The predicted molar refractivity (Wildman–Crippen MR) is 97.8 cm³/mol. The van der Waals surface area contributed by atoms with Crippen LogP contribution in [-0.2, 0) is 22.5 Å². The summed E-state index contributed by atoms with van der Waals surface area (Å²) >= 11 is 1.33. The van der Waals surface area contributed by atoms with Crippen LogP contribution in [0.1, 0.15) is 27.6 Å². The van der Waals surface area contributed by atoms with Gasteiger partial charge in [0.05, 0.1) is 25.8 Å². The lowest BCUT2D eigenvalue weighted by Crippen LogP contribution is -2.28. The van der Waals surface area contributed by atoms with Crippen LogP contribution in [-0.4, -0.2) is 55.0 Å². The third-order valence-corrected chi connectivity index (χ3v) is 5.06. The van der Waals surface area contributed by atoms with Gasteiger partial charge in [-0.05, 0) is 13.0 Å². The van der Waals surface area contributed by atoms with Crippen molar-refractivity contribution in [2.24, 2.45) is 0 Å². The number of likely N-dealkylation sites (N-methyl/N-ethyl adjacent to an activating group) is 1. The zero-order valence-electron chi connectivity index (χ0n) is 15.3. The number of aryl methyl sites for hydroxylation is 1. The summed E-state index contributed by atoms with van der Waals surface area (Å²) in [6.45, 7) is 3.05. The minimum Gasteiger partial charge on any atom is -0.465 e. The number of ether oxygens (including phenoxy) is 1. The number of thiazole rings is 1. The second-order valence-electron chi connectivity index (χ2n) is 6.11. The van der Waals surface area contributed by atoms with E-state index in [2.05, 4.69) is 10.3 Å². The quantitative estimate of drug-likeness (QED) is 0.748. The monoisotopic (exact) mass is 392 g/mol. The van der Waals surface area contributed by atoms with Crippen molar-refractivity contribution in [1.82, 2.24) is 15.2 Å². The maximum atomic E-state index is 12.5. The Kier molecular flexibility index (Phi) is 5.45. The number of hydrogen-bond acceptors (Lipinski definition) is 7. The Hall–Kier alpha value is -2.88. The number of anilines is 1. The molecule has 3 heterocycles. The highest BCUT2D eigenvalue weighted by atomic mass is 32.1.